The predicted molar refractivity (Wildman–Crippen MR) is 89.7 cm³/mol. The molecule has 1 aromatic carbocycles. The van der Waals surface area contributed by atoms with Crippen LogP contribution in [-0.2, 0) is 4.74 Å². The molecule has 1 saturated heterocycles. The molecule has 2 heterocycles. The Labute approximate surface area is 146 Å². The fourth-order valence-corrected chi connectivity index (χ4v) is 3.06. The first-order valence-corrected chi connectivity index (χ1v) is 8.37. The first-order valence-electron chi connectivity index (χ1n) is 8.37. The molecule has 0 unspecified atom stereocenters. The average molecular weight is 346 g/mol. The molecule has 0 aromatic heterocycles. The second-order valence-electron chi connectivity index (χ2n) is 7.24. The number of rotatable bonds is 3. The van der Waals surface area contributed by atoms with Crippen molar-refractivity contribution >= 4 is 17.9 Å². The summed E-state index contributed by atoms with van der Waals surface area (Å²) in [6, 6.07) is 4.80. The summed E-state index contributed by atoms with van der Waals surface area (Å²) in [4.78, 5) is 37.6. The number of amides is 3. The van der Waals surface area contributed by atoms with Crippen molar-refractivity contribution in [2.45, 2.75) is 45.3 Å². The third kappa shape index (κ3) is 3.60. The van der Waals surface area contributed by atoms with E-state index >= 15 is 0 Å². The van der Waals surface area contributed by atoms with Gasteiger partial charge in [-0.25, -0.2) is 4.79 Å². The van der Waals surface area contributed by atoms with Crippen molar-refractivity contribution in [1.29, 1.82) is 0 Å². The zero-order chi connectivity index (χ0) is 18.2. The van der Waals surface area contributed by atoms with E-state index in [-0.39, 0.29) is 24.3 Å². The van der Waals surface area contributed by atoms with Crippen LogP contribution in [0.1, 0.15) is 54.3 Å². The second-order valence-corrected chi connectivity index (χ2v) is 7.24. The quantitative estimate of drug-likeness (QED) is 0.849. The molecule has 0 spiro atoms. The highest BCUT2D eigenvalue weighted by atomic mass is 16.6. The Kier molecular flexibility index (Phi) is 4.41. The lowest BCUT2D eigenvalue weighted by Crippen LogP contribution is -2.42. The van der Waals surface area contributed by atoms with Crippen molar-refractivity contribution < 1.29 is 23.9 Å². The molecule has 0 aliphatic carbocycles. The number of benzene rings is 1. The zero-order valence-corrected chi connectivity index (χ0v) is 14.6. The number of fused-ring (bicyclic) bond motifs is 1. The summed E-state index contributed by atoms with van der Waals surface area (Å²) in [5.41, 5.74) is 0.0243. The molecule has 7 nitrogen and oxygen atoms in total. The number of imide groups is 1. The number of ether oxygens (including phenoxy) is 2. The number of hydrogen-bond donors (Lipinski definition) is 1. The molecule has 1 fully saturated rings. The molecule has 134 valence electrons. The third-order valence-electron chi connectivity index (χ3n) is 4.16. The van der Waals surface area contributed by atoms with Gasteiger partial charge in [0, 0.05) is 6.54 Å². The zero-order valence-electron chi connectivity index (χ0n) is 14.6. The maximum atomic E-state index is 12.3. The van der Waals surface area contributed by atoms with Crippen LogP contribution < -0.4 is 10.1 Å². The first-order chi connectivity index (χ1) is 11.8. The Hall–Kier alpha value is -2.57. The lowest BCUT2D eigenvalue weighted by molar-refractivity contribution is 0.0186. The summed E-state index contributed by atoms with van der Waals surface area (Å²) in [7, 11) is 0. The van der Waals surface area contributed by atoms with Gasteiger partial charge < -0.3 is 14.4 Å². The number of hydrogen-bond acceptors (Lipinski definition) is 5. The van der Waals surface area contributed by atoms with E-state index in [0.29, 0.717) is 17.9 Å². The van der Waals surface area contributed by atoms with Crippen LogP contribution in [-0.4, -0.2) is 47.6 Å². The molecule has 0 radical (unpaired) electrons. The molecule has 0 bridgehead atoms. The number of carbonyl (C=O) groups excluding carboxylic acids is 3. The number of carbonyl (C=O) groups is 3. The minimum Gasteiger partial charge on any atom is -0.491 e. The van der Waals surface area contributed by atoms with Gasteiger partial charge in [-0.3, -0.25) is 14.9 Å². The van der Waals surface area contributed by atoms with Gasteiger partial charge >= 0.3 is 6.09 Å². The van der Waals surface area contributed by atoms with E-state index in [1.165, 1.54) is 0 Å². The SMILES string of the molecule is CC(C)(C)OC(=O)N1CCC[C@H]1COc1cccc2c1C(=O)NC2=O. The maximum Gasteiger partial charge on any atom is 0.410 e. The highest BCUT2D eigenvalue weighted by Crippen LogP contribution is 2.28. The van der Waals surface area contributed by atoms with E-state index in [0.717, 1.165) is 12.8 Å². The monoisotopic (exact) mass is 346 g/mol. The fourth-order valence-electron chi connectivity index (χ4n) is 3.06. The van der Waals surface area contributed by atoms with Crippen LogP contribution in [0.25, 0.3) is 0 Å². The van der Waals surface area contributed by atoms with Crippen molar-refractivity contribution in [2.24, 2.45) is 0 Å². The molecule has 3 amide bonds. The predicted octanol–water partition coefficient (Wildman–Crippen LogP) is 2.35. The summed E-state index contributed by atoms with van der Waals surface area (Å²) in [5.74, 6) is -0.510. The molecule has 7 heteroatoms. The normalized spacial score (nSPS) is 19.6. The summed E-state index contributed by atoms with van der Waals surface area (Å²) in [5, 5.41) is 2.26. The molecule has 1 N–H and O–H groups in total. The van der Waals surface area contributed by atoms with Gasteiger partial charge in [0.1, 0.15) is 18.0 Å². The first kappa shape index (κ1) is 17.3. The summed E-state index contributed by atoms with van der Waals surface area (Å²) in [6.07, 6.45) is 1.32. The van der Waals surface area contributed by atoms with E-state index < -0.39 is 17.4 Å². The maximum absolute atomic E-state index is 12.3. The topological polar surface area (TPSA) is 84.9 Å². The van der Waals surface area contributed by atoms with E-state index in [1.807, 2.05) is 20.8 Å². The van der Waals surface area contributed by atoms with E-state index in [4.69, 9.17) is 9.47 Å². The highest BCUT2D eigenvalue weighted by molar-refractivity contribution is 6.22. The Bertz CT molecular complexity index is 723. The van der Waals surface area contributed by atoms with Crippen LogP contribution >= 0.6 is 0 Å². The number of likely N-dealkylation sites (tertiary alicyclic amines) is 1. The number of nitrogens with one attached hydrogen (secondary N) is 1. The van der Waals surface area contributed by atoms with Gasteiger partial charge in [0.2, 0.25) is 0 Å². The Morgan fingerprint density at radius 2 is 2.04 bits per heavy atom. The average Bonchev–Trinajstić information content (AvgIpc) is 3.09. The second kappa shape index (κ2) is 6.38. The van der Waals surface area contributed by atoms with Gasteiger partial charge in [0.05, 0.1) is 17.2 Å². The molecule has 25 heavy (non-hydrogen) atoms. The molecule has 1 aromatic rings. The third-order valence-corrected chi connectivity index (χ3v) is 4.16. The smallest absolute Gasteiger partial charge is 0.410 e. The van der Waals surface area contributed by atoms with Crippen LogP contribution in [0, 0.1) is 0 Å². The van der Waals surface area contributed by atoms with Crippen LogP contribution in [0.5, 0.6) is 5.75 Å². The number of nitrogens with zero attached hydrogens (tertiary/aromatic N) is 1. The highest BCUT2D eigenvalue weighted by Gasteiger charge is 2.34. The standard InChI is InChI=1S/C18H22N2O5/c1-18(2,3)25-17(23)20-9-5-6-11(20)10-24-13-8-4-7-12-14(13)16(22)19-15(12)21/h4,7-8,11H,5-6,9-10H2,1-3H3,(H,19,21,22)/t11-/m0/s1. The molecule has 3 rings (SSSR count). The van der Waals surface area contributed by atoms with Gasteiger partial charge in [-0.1, -0.05) is 6.07 Å². The molecular weight excluding hydrogens is 324 g/mol. The van der Waals surface area contributed by atoms with Crippen LogP contribution in [0.3, 0.4) is 0 Å². The van der Waals surface area contributed by atoms with Gasteiger partial charge in [-0.15, -0.1) is 0 Å². The van der Waals surface area contributed by atoms with E-state index in [1.54, 1.807) is 23.1 Å². The Morgan fingerprint density at radius 1 is 1.28 bits per heavy atom. The van der Waals surface area contributed by atoms with E-state index in [9.17, 15) is 14.4 Å². The lowest BCUT2D eigenvalue weighted by Gasteiger charge is -2.28. The summed E-state index contributed by atoms with van der Waals surface area (Å²) in [6.45, 7) is 6.35. The van der Waals surface area contributed by atoms with Crippen molar-refractivity contribution in [3.8, 4) is 5.75 Å². The van der Waals surface area contributed by atoms with Crippen molar-refractivity contribution in [3.63, 3.8) is 0 Å². The van der Waals surface area contributed by atoms with Crippen molar-refractivity contribution in [1.82, 2.24) is 10.2 Å². The van der Waals surface area contributed by atoms with Gasteiger partial charge in [-0.05, 0) is 45.7 Å². The largest absolute Gasteiger partial charge is 0.491 e. The fraction of sp³-hybridized carbons (Fsp3) is 0.500. The lowest BCUT2D eigenvalue weighted by atomic mass is 10.1. The minimum atomic E-state index is -0.552. The molecule has 2 aliphatic heterocycles. The van der Waals surface area contributed by atoms with Crippen LogP contribution in [0.2, 0.25) is 0 Å². The van der Waals surface area contributed by atoms with Gasteiger partial charge in [-0.2, -0.15) is 0 Å². The minimum absolute atomic E-state index is 0.120. The van der Waals surface area contributed by atoms with Gasteiger partial charge in [0.25, 0.3) is 11.8 Å². The van der Waals surface area contributed by atoms with Crippen molar-refractivity contribution in [3.05, 3.63) is 29.3 Å². The molecule has 2 aliphatic rings. The van der Waals surface area contributed by atoms with E-state index in [2.05, 4.69) is 5.32 Å². The summed E-state index contributed by atoms with van der Waals surface area (Å²) >= 11 is 0. The molecular formula is C18H22N2O5. The Morgan fingerprint density at radius 3 is 2.76 bits per heavy atom. The van der Waals surface area contributed by atoms with Crippen molar-refractivity contribution in [2.75, 3.05) is 13.2 Å². The molecule has 0 saturated carbocycles. The van der Waals surface area contributed by atoms with Crippen LogP contribution in [0.4, 0.5) is 4.79 Å². The molecule has 1 atom stereocenters. The van der Waals surface area contributed by atoms with Gasteiger partial charge in [0.15, 0.2) is 0 Å². The van der Waals surface area contributed by atoms with Crippen LogP contribution in [0.15, 0.2) is 18.2 Å². The summed E-state index contributed by atoms with van der Waals surface area (Å²) < 4.78 is 11.2. The Balaban J connectivity index is 1.69.